The number of pyridine rings is 1. The first-order valence-corrected chi connectivity index (χ1v) is 5.84. The fraction of sp³-hybridized carbons (Fsp3) is 0.462. The van der Waals surface area contributed by atoms with Crippen LogP contribution < -0.4 is 4.90 Å². The molecule has 19 heavy (non-hydrogen) atoms. The zero-order valence-corrected chi connectivity index (χ0v) is 13.9. The Kier molecular flexibility index (Phi) is 6.08. The van der Waals surface area contributed by atoms with Crippen molar-refractivity contribution in [1.29, 1.82) is 0 Å². The topological polar surface area (TPSA) is 59.5 Å². The Morgan fingerprint density at radius 3 is 2.84 bits per heavy atom. The molecule has 1 fully saturated rings. The number of amides is 1. The molecule has 0 aliphatic carbocycles. The Labute approximate surface area is 137 Å². The van der Waals surface area contributed by atoms with E-state index in [1.807, 2.05) is 6.92 Å². The molecule has 5 nitrogen and oxygen atoms in total. The van der Waals surface area contributed by atoms with Crippen LogP contribution >= 0.6 is 0 Å². The van der Waals surface area contributed by atoms with Crippen LogP contribution in [0.5, 0.6) is 0 Å². The SMILES string of the molecule is COC(=O)C1CCN(c2c[c-]c(C)cn2)C(=O)C1.[Y]. The van der Waals surface area contributed by atoms with E-state index >= 15 is 0 Å². The minimum Gasteiger partial charge on any atom is -0.469 e. The molecule has 0 saturated carbocycles. The van der Waals surface area contributed by atoms with E-state index in [0.29, 0.717) is 18.8 Å². The average Bonchev–Trinajstić information content (AvgIpc) is 2.39. The van der Waals surface area contributed by atoms with Gasteiger partial charge in [-0.25, -0.2) is 0 Å². The summed E-state index contributed by atoms with van der Waals surface area (Å²) in [7, 11) is 1.34. The molecule has 1 aliphatic rings. The second-order valence-corrected chi connectivity index (χ2v) is 4.35. The van der Waals surface area contributed by atoms with Gasteiger partial charge in [-0.15, -0.1) is 11.6 Å². The summed E-state index contributed by atoms with van der Waals surface area (Å²) in [5.74, 6) is -0.144. The molecule has 1 saturated heterocycles. The van der Waals surface area contributed by atoms with Gasteiger partial charge in [-0.1, -0.05) is 13.1 Å². The number of aryl methyl sites for hydroxylation is 1. The standard InChI is InChI=1S/C13H15N2O3.Y/c1-9-3-4-11(14-8-9)15-6-5-10(7-12(15)16)13(17)18-2;/h4,8,10H,5-7H2,1-2H3;/q-1;. The largest absolute Gasteiger partial charge is 0.469 e. The number of esters is 1. The Morgan fingerprint density at radius 2 is 2.32 bits per heavy atom. The number of carbonyl (C=O) groups is 2. The van der Waals surface area contributed by atoms with Crippen LogP contribution in [-0.2, 0) is 47.0 Å². The molecular weight excluding hydrogens is 321 g/mol. The third-order valence-corrected chi connectivity index (χ3v) is 3.05. The van der Waals surface area contributed by atoms with Gasteiger partial charge in [-0.2, -0.15) is 6.07 Å². The summed E-state index contributed by atoms with van der Waals surface area (Å²) in [5.41, 5.74) is 0.927. The Morgan fingerprint density at radius 1 is 1.58 bits per heavy atom. The van der Waals surface area contributed by atoms with Gasteiger partial charge in [0.1, 0.15) is 0 Å². The van der Waals surface area contributed by atoms with E-state index in [4.69, 9.17) is 0 Å². The molecule has 0 aromatic carbocycles. The van der Waals surface area contributed by atoms with Crippen molar-refractivity contribution in [2.24, 2.45) is 5.92 Å². The zero-order valence-electron chi connectivity index (χ0n) is 11.0. The first kappa shape index (κ1) is 16.2. The number of carbonyl (C=O) groups excluding carboxylic acids is 2. The summed E-state index contributed by atoms with van der Waals surface area (Å²) in [6, 6.07) is 4.71. The molecule has 6 heteroatoms. The molecule has 0 N–H and O–H groups in total. The number of aromatic nitrogens is 1. The number of ether oxygens (including phenoxy) is 1. The molecule has 1 aliphatic heterocycles. The Balaban J connectivity index is 0.00000180. The van der Waals surface area contributed by atoms with Crippen LogP contribution in [0.1, 0.15) is 18.4 Å². The summed E-state index contributed by atoms with van der Waals surface area (Å²) in [6.07, 6.45) is 2.46. The maximum absolute atomic E-state index is 12.0. The molecule has 0 spiro atoms. The predicted octanol–water partition coefficient (Wildman–Crippen LogP) is 1.10. The van der Waals surface area contributed by atoms with E-state index in [2.05, 4.69) is 15.8 Å². The number of hydrogen-bond acceptors (Lipinski definition) is 4. The second kappa shape index (κ2) is 7.10. The van der Waals surface area contributed by atoms with E-state index < -0.39 is 0 Å². The molecule has 0 bridgehead atoms. The first-order valence-electron chi connectivity index (χ1n) is 5.84. The van der Waals surface area contributed by atoms with Gasteiger partial charge in [-0.05, 0) is 6.42 Å². The van der Waals surface area contributed by atoms with Gasteiger partial charge in [0, 0.05) is 51.5 Å². The smallest absolute Gasteiger partial charge is 0.309 e. The maximum Gasteiger partial charge on any atom is 0.309 e. The summed E-state index contributed by atoms with van der Waals surface area (Å²) in [5, 5.41) is 0. The van der Waals surface area contributed by atoms with Crippen molar-refractivity contribution in [3.8, 4) is 0 Å². The molecule has 99 valence electrons. The number of anilines is 1. The number of rotatable bonds is 2. The van der Waals surface area contributed by atoms with Crippen LogP contribution in [-0.4, -0.2) is 30.5 Å². The number of hydrogen-bond donors (Lipinski definition) is 0. The predicted molar refractivity (Wildman–Crippen MR) is 64.9 cm³/mol. The van der Waals surface area contributed by atoms with Crippen molar-refractivity contribution >= 4 is 17.7 Å². The van der Waals surface area contributed by atoms with Crippen LogP contribution in [0.3, 0.4) is 0 Å². The molecule has 2 rings (SSSR count). The van der Waals surface area contributed by atoms with E-state index in [9.17, 15) is 9.59 Å². The third-order valence-electron chi connectivity index (χ3n) is 3.05. The fourth-order valence-corrected chi connectivity index (χ4v) is 2.01. The maximum atomic E-state index is 12.0. The van der Waals surface area contributed by atoms with Gasteiger partial charge in [0.25, 0.3) is 0 Å². The summed E-state index contributed by atoms with van der Waals surface area (Å²) >= 11 is 0. The second-order valence-electron chi connectivity index (χ2n) is 4.35. The summed E-state index contributed by atoms with van der Waals surface area (Å²) < 4.78 is 4.66. The van der Waals surface area contributed by atoms with Crippen molar-refractivity contribution in [3.63, 3.8) is 0 Å². The van der Waals surface area contributed by atoms with Gasteiger partial charge in [-0.3, -0.25) is 9.59 Å². The van der Waals surface area contributed by atoms with Crippen molar-refractivity contribution in [3.05, 3.63) is 23.9 Å². The number of piperidine rings is 1. The van der Waals surface area contributed by atoms with Gasteiger partial charge in [0.15, 0.2) is 0 Å². The van der Waals surface area contributed by atoms with Crippen molar-refractivity contribution in [1.82, 2.24) is 4.98 Å². The van der Waals surface area contributed by atoms with Gasteiger partial charge in [0.05, 0.1) is 13.0 Å². The Bertz CT molecular complexity index is 461. The van der Waals surface area contributed by atoms with E-state index in [-0.39, 0.29) is 56.9 Å². The van der Waals surface area contributed by atoms with Crippen LogP contribution in [0.15, 0.2) is 12.3 Å². The molecule has 1 radical (unpaired) electrons. The van der Waals surface area contributed by atoms with E-state index in [1.165, 1.54) is 7.11 Å². The van der Waals surface area contributed by atoms with Crippen molar-refractivity contribution in [2.45, 2.75) is 19.8 Å². The van der Waals surface area contributed by atoms with Gasteiger partial charge in [0.2, 0.25) is 5.91 Å². The van der Waals surface area contributed by atoms with Gasteiger partial charge < -0.3 is 14.6 Å². The fourth-order valence-electron chi connectivity index (χ4n) is 2.01. The quantitative estimate of drug-likeness (QED) is 0.600. The molecule has 1 atom stereocenters. The molecule has 1 aromatic heterocycles. The third kappa shape index (κ3) is 3.83. The van der Waals surface area contributed by atoms with Crippen LogP contribution in [0.2, 0.25) is 0 Å². The first-order chi connectivity index (χ1) is 8.61. The minimum absolute atomic E-state index is 0. The normalized spacial score (nSPS) is 18.7. The van der Waals surface area contributed by atoms with Crippen LogP contribution in [0.4, 0.5) is 5.82 Å². The molecule has 2 heterocycles. The van der Waals surface area contributed by atoms with Crippen molar-refractivity contribution < 1.29 is 47.0 Å². The van der Waals surface area contributed by atoms with Crippen molar-refractivity contribution in [2.75, 3.05) is 18.6 Å². The monoisotopic (exact) mass is 336 g/mol. The minimum atomic E-state index is -0.326. The average molecular weight is 336 g/mol. The molecular formula is C13H15N2O3Y-. The van der Waals surface area contributed by atoms with E-state index in [0.717, 1.165) is 5.56 Å². The number of methoxy groups -OCH3 is 1. The zero-order chi connectivity index (χ0) is 13.1. The summed E-state index contributed by atoms with van der Waals surface area (Å²) in [4.78, 5) is 29.2. The van der Waals surface area contributed by atoms with E-state index in [1.54, 1.807) is 17.2 Å². The summed E-state index contributed by atoms with van der Waals surface area (Å²) in [6.45, 7) is 2.38. The van der Waals surface area contributed by atoms with Crippen LogP contribution in [0, 0.1) is 18.9 Å². The Hall–Kier alpha value is -0.806. The number of nitrogens with zero attached hydrogens (tertiary/aromatic N) is 2. The molecule has 1 amide bonds. The molecule has 1 unspecified atom stereocenters. The molecule has 1 aromatic rings. The van der Waals surface area contributed by atoms with Gasteiger partial charge >= 0.3 is 5.97 Å². The van der Waals surface area contributed by atoms with Crippen LogP contribution in [0.25, 0.3) is 0 Å².